The van der Waals surface area contributed by atoms with E-state index in [4.69, 9.17) is 0 Å². The first-order valence-corrected chi connectivity index (χ1v) is 11.4. The van der Waals surface area contributed by atoms with Gasteiger partial charge in [-0.1, -0.05) is 6.07 Å². The highest BCUT2D eigenvalue weighted by Gasteiger charge is 2.60. The number of piperidine rings is 1. The molecule has 1 amide bonds. The second-order valence-electron chi connectivity index (χ2n) is 9.99. The Kier molecular flexibility index (Phi) is 5.39. The summed E-state index contributed by atoms with van der Waals surface area (Å²) in [6.07, 6.45) is -0.679. The highest BCUT2D eigenvalue weighted by atomic mass is 19.4. The van der Waals surface area contributed by atoms with Gasteiger partial charge in [0.05, 0.1) is 5.56 Å². The van der Waals surface area contributed by atoms with Gasteiger partial charge in [-0.3, -0.25) is 19.3 Å². The van der Waals surface area contributed by atoms with Crippen LogP contribution in [0.25, 0.3) is 0 Å². The molecule has 32 heavy (non-hydrogen) atoms. The molecule has 3 aliphatic carbocycles. The van der Waals surface area contributed by atoms with Crippen molar-refractivity contribution in [2.75, 3.05) is 18.4 Å². The van der Waals surface area contributed by atoms with Gasteiger partial charge in [0.15, 0.2) is 0 Å². The summed E-state index contributed by atoms with van der Waals surface area (Å²) < 4.78 is 38.4. The number of nitrogens with zero attached hydrogens (tertiary/aromatic N) is 1. The van der Waals surface area contributed by atoms with Crippen molar-refractivity contribution in [2.45, 2.75) is 50.7 Å². The number of nitrogens with one attached hydrogen (secondary N) is 1. The first-order chi connectivity index (χ1) is 15.2. The van der Waals surface area contributed by atoms with Gasteiger partial charge in [0.2, 0.25) is 5.91 Å². The Labute approximate surface area is 184 Å². The molecule has 4 aliphatic rings. The zero-order chi connectivity index (χ0) is 22.6. The van der Waals surface area contributed by atoms with Gasteiger partial charge >= 0.3 is 6.18 Å². The summed E-state index contributed by atoms with van der Waals surface area (Å²) in [7, 11) is 0. The van der Waals surface area contributed by atoms with Gasteiger partial charge in [0, 0.05) is 56.4 Å². The van der Waals surface area contributed by atoms with Gasteiger partial charge < -0.3 is 5.32 Å². The lowest BCUT2D eigenvalue weighted by Crippen LogP contribution is -2.35. The number of ketones is 2. The third-order valence-corrected chi connectivity index (χ3v) is 7.98. The van der Waals surface area contributed by atoms with Gasteiger partial charge in [0.25, 0.3) is 0 Å². The van der Waals surface area contributed by atoms with E-state index in [0.717, 1.165) is 50.9 Å². The van der Waals surface area contributed by atoms with Crippen molar-refractivity contribution in [3.63, 3.8) is 0 Å². The third kappa shape index (κ3) is 4.21. The average molecular weight is 448 g/mol. The number of halogens is 3. The summed E-state index contributed by atoms with van der Waals surface area (Å²) in [6, 6.07) is 5.04. The molecule has 1 aromatic rings. The molecule has 1 aliphatic heterocycles. The van der Waals surface area contributed by atoms with E-state index in [0.29, 0.717) is 35.5 Å². The molecule has 8 heteroatoms. The van der Waals surface area contributed by atoms with E-state index in [9.17, 15) is 27.6 Å². The maximum absolute atomic E-state index is 12.8. The van der Waals surface area contributed by atoms with Gasteiger partial charge in [-0.25, -0.2) is 0 Å². The van der Waals surface area contributed by atoms with Crippen LogP contribution in [0.2, 0.25) is 0 Å². The number of amides is 1. The highest BCUT2D eigenvalue weighted by molar-refractivity contribution is 5.94. The van der Waals surface area contributed by atoms with Crippen molar-refractivity contribution in [3.8, 4) is 0 Å². The Bertz CT molecular complexity index is 919. The topological polar surface area (TPSA) is 66.5 Å². The van der Waals surface area contributed by atoms with Gasteiger partial charge in [-0.15, -0.1) is 0 Å². The molecule has 0 aromatic heterocycles. The van der Waals surface area contributed by atoms with E-state index in [1.165, 1.54) is 12.1 Å². The minimum Gasteiger partial charge on any atom is -0.326 e. The van der Waals surface area contributed by atoms with Crippen LogP contribution in [0.3, 0.4) is 0 Å². The second kappa shape index (κ2) is 7.97. The van der Waals surface area contributed by atoms with Crippen LogP contribution >= 0.6 is 0 Å². The number of benzene rings is 1. The summed E-state index contributed by atoms with van der Waals surface area (Å²) in [4.78, 5) is 38.8. The first kappa shape index (κ1) is 21.6. The number of fused-ring (bicyclic) bond motifs is 2. The van der Waals surface area contributed by atoms with E-state index < -0.39 is 17.6 Å². The van der Waals surface area contributed by atoms with E-state index in [1.807, 2.05) is 0 Å². The lowest BCUT2D eigenvalue weighted by atomic mass is 10.0. The molecule has 1 saturated heterocycles. The van der Waals surface area contributed by atoms with E-state index in [-0.39, 0.29) is 30.2 Å². The Morgan fingerprint density at radius 2 is 1.69 bits per heavy atom. The van der Waals surface area contributed by atoms with Gasteiger partial charge in [-0.05, 0) is 54.7 Å². The molecule has 0 spiro atoms. The Balaban J connectivity index is 1.05. The van der Waals surface area contributed by atoms with E-state index >= 15 is 0 Å². The van der Waals surface area contributed by atoms with Crippen LogP contribution in [0.1, 0.15) is 44.1 Å². The fourth-order valence-electron chi connectivity index (χ4n) is 6.38. The normalized spacial score (nSPS) is 33.8. The Morgan fingerprint density at radius 1 is 1.03 bits per heavy atom. The number of hydrogen-bond acceptors (Lipinski definition) is 4. The molecule has 5 atom stereocenters. The molecule has 1 N–H and O–H groups in total. The number of Topliss-reactive ketones (excluding diaryl/α,β-unsaturated/α-hetero) is 2. The maximum Gasteiger partial charge on any atom is 0.416 e. The van der Waals surface area contributed by atoms with E-state index in [2.05, 4.69) is 10.2 Å². The molecular weight excluding hydrogens is 421 g/mol. The summed E-state index contributed by atoms with van der Waals surface area (Å²) in [5.74, 6) is 1.92. The minimum atomic E-state index is -4.47. The monoisotopic (exact) mass is 448 g/mol. The first-order valence-electron chi connectivity index (χ1n) is 11.4. The number of anilines is 1. The van der Waals surface area contributed by atoms with Crippen molar-refractivity contribution in [2.24, 2.45) is 29.6 Å². The number of hydrogen-bond donors (Lipinski definition) is 1. The van der Waals surface area contributed by atoms with Crippen LogP contribution in [0, 0.1) is 29.6 Å². The molecule has 0 bridgehead atoms. The summed E-state index contributed by atoms with van der Waals surface area (Å²) in [5.41, 5.74) is -0.738. The van der Waals surface area contributed by atoms with Crippen LogP contribution < -0.4 is 5.32 Å². The number of carbonyl (C=O) groups excluding carboxylic acids is 3. The predicted octanol–water partition coefficient (Wildman–Crippen LogP) is 3.93. The summed E-state index contributed by atoms with van der Waals surface area (Å²) in [6.45, 7) is 1.85. The molecule has 4 fully saturated rings. The smallest absolute Gasteiger partial charge is 0.326 e. The molecule has 172 valence electrons. The zero-order valence-corrected chi connectivity index (χ0v) is 17.7. The van der Waals surface area contributed by atoms with Crippen LogP contribution in [0.5, 0.6) is 0 Å². The molecule has 5 rings (SSSR count). The van der Waals surface area contributed by atoms with E-state index in [1.54, 1.807) is 0 Å². The highest BCUT2D eigenvalue weighted by Crippen LogP contribution is 2.55. The fraction of sp³-hybridized carbons (Fsp3) is 0.625. The number of alkyl halides is 3. The average Bonchev–Trinajstić information content (AvgIpc) is 3.04. The van der Waals surface area contributed by atoms with Crippen molar-refractivity contribution in [1.29, 1.82) is 0 Å². The number of rotatable bonds is 6. The fourth-order valence-corrected chi connectivity index (χ4v) is 6.38. The lowest BCUT2D eigenvalue weighted by molar-refractivity contribution is -0.137. The molecule has 1 heterocycles. The maximum atomic E-state index is 12.8. The standard InChI is InChI=1S/C24H27F3N2O3/c25-24(26,27)15-2-1-3-16(10-15)28-22(32)5-4-21(31)23-19-11-29(12-20(19)23)17-6-13-8-18(30)9-14(13)7-17/h1-3,10,13-14,17,19-20,23H,4-9,11-12H2,(H,28,32)/t13?,14?,17?,19-,20+,23?. The largest absolute Gasteiger partial charge is 0.416 e. The van der Waals surface area contributed by atoms with Crippen molar-refractivity contribution in [3.05, 3.63) is 29.8 Å². The van der Waals surface area contributed by atoms with Crippen molar-refractivity contribution in [1.82, 2.24) is 4.90 Å². The van der Waals surface area contributed by atoms with Crippen LogP contribution in [0.4, 0.5) is 18.9 Å². The molecule has 5 nitrogen and oxygen atoms in total. The van der Waals surface area contributed by atoms with Crippen LogP contribution in [-0.4, -0.2) is 41.5 Å². The van der Waals surface area contributed by atoms with Crippen LogP contribution in [-0.2, 0) is 20.6 Å². The summed E-state index contributed by atoms with van der Waals surface area (Å²) >= 11 is 0. The SMILES string of the molecule is O=C1CC2CC(N3C[C@@H]4C(C(=O)CCC(=O)Nc5cccc(C(F)(F)F)c5)[C@@H]4C3)CC2C1. The van der Waals surface area contributed by atoms with Gasteiger partial charge in [-0.2, -0.15) is 13.2 Å². The zero-order valence-electron chi connectivity index (χ0n) is 17.7. The lowest BCUT2D eigenvalue weighted by Gasteiger charge is -2.27. The third-order valence-electron chi connectivity index (χ3n) is 7.98. The number of likely N-dealkylation sites (tertiary alicyclic amines) is 1. The summed E-state index contributed by atoms with van der Waals surface area (Å²) in [5, 5.41) is 2.46. The molecule has 3 saturated carbocycles. The Hall–Kier alpha value is -2.22. The number of carbonyl (C=O) groups is 3. The molecule has 1 aromatic carbocycles. The second-order valence-corrected chi connectivity index (χ2v) is 9.99. The van der Waals surface area contributed by atoms with Crippen LogP contribution in [0.15, 0.2) is 24.3 Å². The van der Waals surface area contributed by atoms with Crippen molar-refractivity contribution >= 4 is 23.2 Å². The van der Waals surface area contributed by atoms with Crippen molar-refractivity contribution < 1.29 is 27.6 Å². The van der Waals surface area contributed by atoms with Gasteiger partial charge in [0.1, 0.15) is 11.6 Å². The molecular formula is C24H27F3N2O3. The molecule has 3 unspecified atom stereocenters. The molecule has 0 radical (unpaired) electrons. The Morgan fingerprint density at radius 3 is 2.31 bits per heavy atom. The minimum absolute atomic E-state index is 0.0191. The quantitative estimate of drug-likeness (QED) is 0.716. The predicted molar refractivity (Wildman–Crippen MR) is 111 cm³/mol.